The van der Waals surface area contributed by atoms with Crippen LogP contribution >= 0.6 is 35.0 Å². The second-order valence-corrected chi connectivity index (χ2v) is 10.4. The number of benzene rings is 2. The highest BCUT2D eigenvalue weighted by Crippen LogP contribution is 2.40. The number of anilines is 1. The molecule has 5 rings (SSSR count). The van der Waals surface area contributed by atoms with Gasteiger partial charge in [0, 0.05) is 5.75 Å². The third-order valence-electron chi connectivity index (χ3n) is 5.95. The van der Waals surface area contributed by atoms with Crippen molar-refractivity contribution in [3.63, 3.8) is 0 Å². The number of carboxylic acids is 1. The number of fused-ring (bicyclic) bond motifs is 1. The number of para-hydroxylation sites is 1. The average Bonchev–Trinajstić information content (AvgIpc) is 2.91. The van der Waals surface area contributed by atoms with E-state index in [0.717, 1.165) is 0 Å². The van der Waals surface area contributed by atoms with Crippen molar-refractivity contribution in [2.45, 2.75) is 24.4 Å². The van der Waals surface area contributed by atoms with Crippen molar-refractivity contribution in [1.82, 2.24) is 25.2 Å². The average molecular weight is 587 g/mol. The summed E-state index contributed by atoms with van der Waals surface area (Å²) in [6, 6.07) is 13.4. The standard InChI is InChI=1S/C25H20Cl2N6O5S/c1-12-11-39-21-17(20(35)33(21)18(12)22(36)37)28-19(34)16(13-7-3-2-4-8-13)29-24-30-23(27)31-25(32-24)38-15-10-6-5-9-14(15)26/h2-10,16-17,21H,11H2,1H3,(H,28,34)(H,36,37)(H,29,30,31,32). The first-order chi connectivity index (χ1) is 18.7. The molecule has 1 saturated heterocycles. The molecule has 14 heteroatoms. The number of nitrogens with one attached hydrogen (secondary N) is 2. The summed E-state index contributed by atoms with van der Waals surface area (Å²) >= 11 is 13.6. The van der Waals surface area contributed by atoms with Gasteiger partial charge in [0.15, 0.2) is 0 Å². The van der Waals surface area contributed by atoms with Crippen LogP contribution in [0.1, 0.15) is 18.5 Å². The number of β-lactam (4-membered cyclic amide) rings is 1. The number of carbonyl (C=O) groups excluding carboxylic acids is 2. The Kier molecular flexibility index (Phi) is 7.60. The molecular weight excluding hydrogens is 567 g/mol. The first kappa shape index (κ1) is 26.7. The van der Waals surface area contributed by atoms with Gasteiger partial charge in [-0.05, 0) is 41.8 Å². The predicted octanol–water partition coefficient (Wildman–Crippen LogP) is 3.88. The molecule has 3 heterocycles. The van der Waals surface area contributed by atoms with Crippen LogP contribution in [0.25, 0.3) is 0 Å². The van der Waals surface area contributed by atoms with Gasteiger partial charge in [0.25, 0.3) is 5.91 Å². The van der Waals surface area contributed by atoms with Gasteiger partial charge < -0.3 is 20.5 Å². The van der Waals surface area contributed by atoms with Crippen molar-refractivity contribution in [2.75, 3.05) is 11.1 Å². The highest BCUT2D eigenvalue weighted by molar-refractivity contribution is 8.00. The van der Waals surface area contributed by atoms with E-state index in [4.69, 9.17) is 27.9 Å². The quantitative estimate of drug-likeness (QED) is 0.332. The topological polar surface area (TPSA) is 147 Å². The minimum atomic E-state index is -1.18. The number of hydrogen-bond donors (Lipinski definition) is 3. The van der Waals surface area contributed by atoms with Crippen LogP contribution in [0.5, 0.6) is 11.8 Å². The molecule has 1 fully saturated rings. The van der Waals surface area contributed by atoms with Crippen LogP contribution in [0.15, 0.2) is 65.9 Å². The molecule has 200 valence electrons. The normalized spacial score (nSPS) is 19.1. The van der Waals surface area contributed by atoms with Crippen LogP contribution in [0.4, 0.5) is 5.95 Å². The summed E-state index contributed by atoms with van der Waals surface area (Å²) in [5.74, 6) is -1.55. The maximum Gasteiger partial charge on any atom is 0.352 e. The number of ether oxygens (including phenoxy) is 1. The number of thioether (sulfide) groups is 1. The highest BCUT2D eigenvalue weighted by Gasteiger charge is 2.54. The predicted molar refractivity (Wildman–Crippen MR) is 145 cm³/mol. The van der Waals surface area contributed by atoms with Gasteiger partial charge >= 0.3 is 12.0 Å². The summed E-state index contributed by atoms with van der Waals surface area (Å²) in [7, 11) is 0. The lowest BCUT2D eigenvalue weighted by molar-refractivity contribution is -0.150. The van der Waals surface area contributed by atoms with E-state index in [9.17, 15) is 19.5 Å². The smallest absolute Gasteiger partial charge is 0.352 e. The van der Waals surface area contributed by atoms with E-state index < -0.39 is 35.2 Å². The molecule has 3 atom stereocenters. The number of rotatable bonds is 8. The number of carboxylic acid groups (broad SMARTS) is 1. The van der Waals surface area contributed by atoms with Crippen molar-refractivity contribution in [1.29, 1.82) is 0 Å². The molecule has 2 aromatic carbocycles. The Morgan fingerprint density at radius 3 is 2.54 bits per heavy atom. The van der Waals surface area contributed by atoms with Crippen LogP contribution < -0.4 is 15.4 Å². The first-order valence-corrected chi connectivity index (χ1v) is 13.4. The maximum absolute atomic E-state index is 13.5. The van der Waals surface area contributed by atoms with Gasteiger partial charge in [-0.3, -0.25) is 14.5 Å². The second kappa shape index (κ2) is 11.1. The Hall–Kier alpha value is -3.87. The van der Waals surface area contributed by atoms with E-state index >= 15 is 0 Å². The molecule has 3 aromatic rings. The minimum absolute atomic E-state index is 0.0436. The molecule has 0 saturated carbocycles. The van der Waals surface area contributed by atoms with Crippen LogP contribution in [0, 0.1) is 0 Å². The SMILES string of the molecule is CC1=C(C(=O)O)N2C(=O)C(NC(=O)C(Nc3nc(Cl)nc(Oc4ccccc4Cl)n3)c3ccccc3)C2SC1. The molecule has 2 amide bonds. The van der Waals surface area contributed by atoms with Crippen LogP contribution in [0.3, 0.4) is 0 Å². The Bertz CT molecular complexity index is 1490. The lowest BCUT2D eigenvalue weighted by Crippen LogP contribution is -2.70. The zero-order valence-electron chi connectivity index (χ0n) is 20.2. The Morgan fingerprint density at radius 2 is 1.82 bits per heavy atom. The largest absolute Gasteiger partial charge is 0.477 e. The molecular formula is C25H20Cl2N6O5S. The number of carbonyl (C=O) groups is 3. The third kappa shape index (κ3) is 5.49. The molecule has 2 aliphatic rings. The van der Waals surface area contributed by atoms with E-state index in [0.29, 0.717) is 27.7 Å². The Balaban J connectivity index is 1.38. The summed E-state index contributed by atoms with van der Waals surface area (Å²) in [5.41, 5.74) is 1.10. The van der Waals surface area contributed by atoms with Gasteiger partial charge in [0.2, 0.25) is 17.1 Å². The van der Waals surface area contributed by atoms with Crippen molar-refractivity contribution in [3.05, 3.63) is 81.7 Å². The number of aromatic nitrogens is 3. The van der Waals surface area contributed by atoms with E-state index in [2.05, 4.69) is 25.6 Å². The molecule has 2 aliphatic heterocycles. The van der Waals surface area contributed by atoms with Crippen molar-refractivity contribution >= 4 is 58.7 Å². The van der Waals surface area contributed by atoms with Gasteiger partial charge in [-0.1, -0.05) is 54.1 Å². The molecule has 3 unspecified atom stereocenters. The summed E-state index contributed by atoms with van der Waals surface area (Å²) in [5, 5.41) is 14.9. The maximum atomic E-state index is 13.5. The fourth-order valence-corrected chi connectivity index (χ4v) is 5.77. The number of nitrogens with zero attached hydrogens (tertiary/aromatic N) is 4. The van der Waals surface area contributed by atoms with Gasteiger partial charge in [-0.15, -0.1) is 11.8 Å². The Labute approximate surface area is 236 Å². The first-order valence-electron chi connectivity index (χ1n) is 11.6. The fraction of sp³-hybridized carbons (Fsp3) is 0.200. The second-order valence-electron chi connectivity index (χ2n) is 8.56. The van der Waals surface area contributed by atoms with Crippen molar-refractivity contribution < 1.29 is 24.2 Å². The molecule has 1 aromatic heterocycles. The molecule has 0 aliphatic carbocycles. The lowest BCUT2D eigenvalue weighted by Gasteiger charge is -2.49. The van der Waals surface area contributed by atoms with Gasteiger partial charge in [0.1, 0.15) is 28.9 Å². The highest BCUT2D eigenvalue weighted by atomic mass is 35.5. The lowest BCUT2D eigenvalue weighted by atomic mass is 10.0. The van der Waals surface area contributed by atoms with E-state index in [1.165, 1.54) is 16.7 Å². The third-order valence-corrected chi connectivity index (χ3v) is 7.86. The summed E-state index contributed by atoms with van der Waals surface area (Å²) in [6.45, 7) is 1.67. The zero-order chi connectivity index (χ0) is 27.7. The number of amides is 2. The molecule has 0 bridgehead atoms. The molecule has 11 nitrogen and oxygen atoms in total. The summed E-state index contributed by atoms with van der Waals surface area (Å²) in [4.78, 5) is 51.6. The monoisotopic (exact) mass is 586 g/mol. The molecule has 3 N–H and O–H groups in total. The molecule has 0 radical (unpaired) electrons. The number of hydrogen-bond acceptors (Lipinski definition) is 9. The van der Waals surface area contributed by atoms with Crippen LogP contribution in [-0.4, -0.2) is 59.9 Å². The zero-order valence-corrected chi connectivity index (χ0v) is 22.5. The Morgan fingerprint density at radius 1 is 1.10 bits per heavy atom. The van der Waals surface area contributed by atoms with Crippen LogP contribution in [-0.2, 0) is 14.4 Å². The summed E-state index contributed by atoms with van der Waals surface area (Å²) < 4.78 is 5.66. The number of aliphatic carboxylic acids is 1. The fourth-order valence-electron chi connectivity index (χ4n) is 4.15. The van der Waals surface area contributed by atoms with E-state index in [-0.39, 0.29) is 22.9 Å². The molecule has 0 spiro atoms. The van der Waals surface area contributed by atoms with Crippen molar-refractivity contribution in [3.8, 4) is 11.8 Å². The van der Waals surface area contributed by atoms with Gasteiger partial charge in [0.05, 0.1) is 5.02 Å². The van der Waals surface area contributed by atoms with Gasteiger partial charge in [-0.2, -0.15) is 15.0 Å². The van der Waals surface area contributed by atoms with E-state index in [1.54, 1.807) is 61.5 Å². The molecule has 39 heavy (non-hydrogen) atoms. The summed E-state index contributed by atoms with van der Waals surface area (Å²) in [6.07, 6.45) is 0. The van der Waals surface area contributed by atoms with Crippen LogP contribution in [0.2, 0.25) is 10.3 Å². The minimum Gasteiger partial charge on any atom is -0.477 e. The van der Waals surface area contributed by atoms with E-state index in [1.807, 2.05) is 0 Å². The number of halogens is 2. The van der Waals surface area contributed by atoms with Gasteiger partial charge in [-0.25, -0.2) is 4.79 Å². The van der Waals surface area contributed by atoms with Crippen molar-refractivity contribution in [2.24, 2.45) is 0 Å².